The summed E-state index contributed by atoms with van der Waals surface area (Å²) in [7, 11) is -3.63. The van der Waals surface area contributed by atoms with E-state index < -0.39 is 22.0 Å². The number of benzene rings is 1. The molecule has 1 heterocycles. The zero-order chi connectivity index (χ0) is 17.9. The third-order valence-electron chi connectivity index (χ3n) is 3.48. The largest absolute Gasteiger partial charge is 0.323 e. The van der Waals surface area contributed by atoms with Crippen molar-refractivity contribution in [1.29, 1.82) is 0 Å². The average molecular weight is 347 g/mol. The van der Waals surface area contributed by atoms with Crippen molar-refractivity contribution in [2.75, 3.05) is 15.9 Å². The quantitative estimate of drug-likeness (QED) is 0.901. The van der Waals surface area contributed by atoms with Crippen LogP contribution in [0, 0.1) is 13.8 Å². The molecule has 0 bridgehead atoms. The van der Waals surface area contributed by atoms with Crippen molar-refractivity contribution in [1.82, 2.24) is 4.98 Å². The summed E-state index contributed by atoms with van der Waals surface area (Å²) in [6.07, 6.45) is 4.20. The molecular weight excluding hydrogens is 326 g/mol. The van der Waals surface area contributed by atoms with Gasteiger partial charge in [0.25, 0.3) is 0 Å². The Kier molecular flexibility index (Phi) is 5.23. The molecule has 1 aromatic carbocycles. The predicted molar refractivity (Wildman–Crippen MR) is 95.6 cm³/mol. The Hall–Kier alpha value is -2.41. The fourth-order valence-corrected chi connectivity index (χ4v) is 3.73. The number of anilines is 2. The topological polar surface area (TPSA) is 79.4 Å². The highest BCUT2D eigenvalue weighted by molar-refractivity contribution is 7.92. The number of amides is 1. The summed E-state index contributed by atoms with van der Waals surface area (Å²) in [6, 6.07) is 7.94. The second-order valence-electron chi connectivity index (χ2n) is 5.81. The van der Waals surface area contributed by atoms with Crippen molar-refractivity contribution in [3.63, 3.8) is 0 Å². The summed E-state index contributed by atoms with van der Waals surface area (Å²) in [6.45, 7) is 5.33. The van der Waals surface area contributed by atoms with E-state index in [1.165, 1.54) is 6.20 Å². The van der Waals surface area contributed by atoms with Gasteiger partial charge in [-0.05, 0) is 56.2 Å². The highest BCUT2D eigenvalue weighted by atomic mass is 32.2. The molecule has 24 heavy (non-hydrogen) atoms. The van der Waals surface area contributed by atoms with Crippen LogP contribution in [0.4, 0.5) is 11.4 Å². The first-order valence-electron chi connectivity index (χ1n) is 7.47. The van der Waals surface area contributed by atoms with Gasteiger partial charge in [-0.25, -0.2) is 8.42 Å². The monoisotopic (exact) mass is 347 g/mol. The first-order chi connectivity index (χ1) is 11.2. The highest BCUT2D eigenvalue weighted by Gasteiger charge is 2.29. The van der Waals surface area contributed by atoms with E-state index in [9.17, 15) is 13.2 Å². The van der Waals surface area contributed by atoms with Gasteiger partial charge in [0.1, 0.15) is 6.04 Å². The van der Waals surface area contributed by atoms with Crippen molar-refractivity contribution in [2.24, 2.45) is 0 Å². The van der Waals surface area contributed by atoms with E-state index in [2.05, 4.69) is 10.3 Å². The van der Waals surface area contributed by atoms with E-state index in [0.717, 1.165) is 21.7 Å². The maximum Gasteiger partial charge on any atom is 0.248 e. The van der Waals surface area contributed by atoms with Crippen molar-refractivity contribution in [2.45, 2.75) is 26.8 Å². The molecule has 0 aliphatic rings. The molecule has 0 fully saturated rings. The summed E-state index contributed by atoms with van der Waals surface area (Å²) < 4.78 is 25.7. The smallest absolute Gasteiger partial charge is 0.248 e. The lowest BCUT2D eigenvalue weighted by Gasteiger charge is -2.28. The molecule has 1 unspecified atom stereocenters. The molecule has 2 rings (SSSR count). The Bertz CT molecular complexity index is 815. The maximum atomic E-state index is 12.5. The van der Waals surface area contributed by atoms with Crippen LogP contribution in [0.2, 0.25) is 0 Å². The number of rotatable bonds is 5. The number of nitrogens with zero attached hydrogens (tertiary/aromatic N) is 2. The second-order valence-corrected chi connectivity index (χ2v) is 7.67. The average Bonchev–Trinajstić information content (AvgIpc) is 2.45. The van der Waals surface area contributed by atoms with Gasteiger partial charge in [0, 0.05) is 6.20 Å². The minimum absolute atomic E-state index is 0.424. The molecule has 6 nitrogen and oxygen atoms in total. The number of carbonyl (C=O) groups excluding carboxylic acids is 1. The molecule has 0 spiro atoms. The first kappa shape index (κ1) is 17.9. The standard InChI is InChI=1S/C17H21N3O3S/c1-12-8-13(2)10-16(9-12)20(24(4,22)23)14(3)17(21)19-15-6-5-7-18-11-15/h5-11,14H,1-4H3,(H,19,21). The van der Waals surface area contributed by atoms with Crippen LogP contribution in [0.25, 0.3) is 0 Å². The number of hydrogen-bond acceptors (Lipinski definition) is 4. The predicted octanol–water partition coefficient (Wildman–Crippen LogP) is 2.49. The van der Waals surface area contributed by atoms with E-state index in [1.807, 2.05) is 19.9 Å². The molecule has 1 amide bonds. The third-order valence-corrected chi connectivity index (χ3v) is 4.72. The Labute approximate surface area is 142 Å². The lowest BCUT2D eigenvalue weighted by molar-refractivity contribution is -0.116. The Morgan fingerprint density at radius 2 is 1.83 bits per heavy atom. The third kappa shape index (κ3) is 4.32. The van der Waals surface area contributed by atoms with Gasteiger partial charge in [0.15, 0.2) is 0 Å². The highest BCUT2D eigenvalue weighted by Crippen LogP contribution is 2.24. The lowest BCUT2D eigenvalue weighted by atomic mass is 10.1. The van der Waals surface area contributed by atoms with Crippen molar-refractivity contribution < 1.29 is 13.2 Å². The van der Waals surface area contributed by atoms with Gasteiger partial charge in [0.05, 0.1) is 23.8 Å². The SMILES string of the molecule is Cc1cc(C)cc(N(C(C)C(=O)Nc2cccnc2)S(C)(=O)=O)c1. The zero-order valence-corrected chi connectivity index (χ0v) is 15.0. The number of sulfonamides is 1. The minimum atomic E-state index is -3.63. The molecule has 0 saturated carbocycles. The van der Waals surface area contributed by atoms with E-state index >= 15 is 0 Å². The number of aromatic nitrogens is 1. The first-order valence-corrected chi connectivity index (χ1v) is 9.32. The van der Waals surface area contributed by atoms with E-state index in [0.29, 0.717) is 11.4 Å². The van der Waals surface area contributed by atoms with Gasteiger partial charge >= 0.3 is 0 Å². The molecule has 0 aliphatic heterocycles. The molecule has 0 radical (unpaired) electrons. The van der Waals surface area contributed by atoms with Crippen LogP contribution in [0.3, 0.4) is 0 Å². The normalized spacial score (nSPS) is 12.5. The van der Waals surface area contributed by atoms with Crippen molar-refractivity contribution in [3.05, 3.63) is 53.9 Å². The van der Waals surface area contributed by atoms with Gasteiger partial charge in [0.2, 0.25) is 15.9 Å². The maximum absolute atomic E-state index is 12.5. The number of pyridine rings is 1. The molecule has 0 saturated heterocycles. The van der Waals surface area contributed by atoms with Gasteiger partial charge in [-0.1, -0.05) is 6.07 Å². The minimum Gasteiger partial charge on any atom is -0.323 e. The zero-order valence-electron chi connectivity index (χ0n) is 14.1. The van der Waals surface area contributed by atoms with Crippen LogP contribution in [0.1, 0.15) is 18.1 Å². The fraction of sp³-hybridized carbons (Fsp3) is 0.294. The van der Waals surface area contributed by atoms with Crippen LogP contribution in [-0.2, 0) is 14.8 Å². The summed E-state index contributed by atoms with van der Waals surface area (Å²) in [5.41, 5.74) is 2.85. The summed E-state index contributed by atoms with van der Waals surface area (Å²) in [5, 5.41) is 2.69. The Balaban J connectivity index is 2.36. The molecule has 1 aromatic heterocycles. The fourth-order valence-electron chi connectivity index (χ4n) is 2.57. The van der Waals surface area contributed by atoms with E-state index in [1.54, 1.807) is 37.4 Å². The molecule has 1 N–H and O–H groups in total. The summed E-state index contributed by atoms with van der Waals surface area (Å²) in [4.78, 5) is 16.4. The molecule has 7 heteroatoms. The number of aryl methyl sites for hydroxylation is 2. The van der Waals surface area contributed by atoms with Crippen LogP contribution >= 0.6 is 0 Å². The van der Waals surface area contributed by atoms with Crippen molar-refractivity contribution in [3.8, 4) is 0 Å². The van der Waals surface area contributed by atoms with Crippen LogP contribution in [0.15, 0.2) is 42.7 Å². The number of nitrogens with one attached hydrogen (secondary N) is 1. The van der Waals surface area contributed by atoms with Gasteiger partial charge < -0.3 is 5.32 Å². The summed E-state index contributed by atoms with van der Waals surface area (Å²) >= 11 is 0. The van der Waals surface area contributed by atoms with Gasteiger partial charge in [-0.15, -0.1) is 0 Å². The molecule has 1 atom stereocenters. The molecule has 128 valence electrons. The number of carbonyl (C=O) groups is 1. The van der Waals surface area contributed by atoms with Gasteiger partial charge in [-0.3, -0.25) is 14.1 Å². The van der Waals surface area contributed by atoms with E-state index in [-0.39, 0.29) is 0 Å². The molecule has 0 aliphatic carbocycles. The lowest BCUT2D eigenvalue weighted by Crippen LogP contribution is -2.45. The Morgan fingerprint density at radius 3 is 2.33 bits per heavy atom. The second kappa shape index (κ2) is 7.00. The molecular formula is C17H21N3O3S. The van der Waals surface area contributed by atoms with Crippen LogP contribution in [0.5, 0.6) is 0 Å². The van der Waals surface area contributed by atoms with Crippen molar-refractivity contribution >= 4 is 27.3 Å². The number of hydrogen-bond donors (Lipinski definition) is 1. The van der Waals surface area contributed by atoms with E-state index in [4.69, 9.17) is 0 Å². The molecule has 2 aromatic rings. The Morgan fingerprint density at radius 1 is 1.21 bits per heavy atom. The van der Waals surface area contributed by atoms with Crippen LogP contribution < -0.4 is 9.62 Å². The van der Waals surface area contributed by atoms with Crippen LogP contribution in [-0.4, -0.2) is 31.6 Å². The summed E-state index contributed by atoms with van der Waals surface area (Å²) in [5.74, 6) is -0.424. The van der Waals surface area contributed by atoms with Gasteiger partial charge in [-0.2, -0.15) is 0 Å².